The van der Waals surface area contributed by atoms with Crippen molar-refractivity contribution in [3.63, 3.8) is 0 Å². The molecule has 0 heterocycles. The molecule has 110 valence electrons. The first kappa shape index (κ1) is 15.2. The number of methoxy groups -OCH3 is 1. The van der Waals surface area contributed by atoms with Gasteiger partial charge < -0.3 is 15.8 Å². The minimum Gasteiger partial charge on any atom is -0.496 e. The number of ether oxygens (including phenoxy) is 1. The molecule has 3 N–H and O–H groups in total. The summed E-state index contributed by atoms with van der Waals surface area (Å²) in [5.41, 5.74) is 7.95. The lowest BCUT2D eigenvalue weighted by atomic mass is 10.1. The van der Waals surface area contributed by atoms with Gasteiger partial charge in [0.15, 0.2) is 0 Å². The van der Waals surface area contributed by atoms with Gasteiger partial charge in [-0.15, -0.1) is 0 Å². The molecule has 21 heavy (non-hydrogen) atoms. The van der Waals surface area contributed by atoms with Crippen LogP contribution < -0.4 is 15.8 Å². The van der Waals surface area contributed by atoms with Gasteiger partial charge in [-0.25, -0.2) is 0 Å². The van der Waals surface area contributed by atoms with Crippen molar-refractivity contribution in [2.75, 3.05) is 12.4 Å². The summed E-state index contributed by atoms with van der Waals surface area (Å²) in [6.07, 6.45) is 0.204. The number of primary amides is 1. The Balaban J connectivity index is 2.17. The smallest absolute Gasteiger partial charge is 0.221 e. The lowest BCUT2D eigenvalue weighted by molar-refractivity contribution is -0.117. The Kier molecular flexibility index (Phi) is 5.06. The third-order valence-electron chi connectivity index (χ3n) is 3.09. The molecule has 0 bridgehead atoms. The number of nitrogens with two attached hydrogens (primary N) is 1. The van der Waals surface area contributed by atoms with E-state index in [1.807, 2.05) is 36.4 Å². The SMILES string of the molecule is COc1ccc(Cl)cc1CNc1ccccc1CC(N)=O. The molecule has 4 nitrogen and oxygen atoms in total. The first-order valence-corrected chi connectivity index (χ1v) is 6.90. The maximum Gasteiger partial charge on any atom is 0.221 e. The number of anilines is 1. The van der Waals surface area contributed by atoms with Gasteiger partial charge in [0.1, 0.15) is 5.75 Å². The standard InChI is InChI=1S/C16H17ClN2O2/c1-21-15-7-6-13(17)8-12(15)10-19-14-5-3-2-4-11(14)9-16(18)20/h2-8,19H,9-10H2,1H3,(H2,18,20). The molecule has 0 aromatic heterocycles. The van der Waals surface area contributed by atoms with Gasteiger partial charge in [-0.2, -0.15) is 0 Å². The second-order valence-electron chi connectivity index (χ2n) is 4.61. The maximum absolute atomic E-state index is 11.1. The van der Waals surface area contributed by atoms with E-state index in [-0.39, 0.29) is 12.3 Å². The number of amides is 1. The van der Waals surface area contributed by atoms with Crippen LogP contribution in [0.5, 0.6) is 5.75 Å². The Hall–Kier alpha value is -2.20. The highest BCUT2D eigenvalue weighted by molar-refractivity contribution is 6.30. The molecule has 2 aromatic carbocycles. The number of hydrogen-bond acceptors (Lipinski definition) is 3. The number of para-hydroxylation sites is 1. The molecule has 0 aliphatic heterocycles. The molecular formula is C16H17ClN2O2. The summed E-state index contributed by atoms with van der Waals surface area (Å²) in [6.45, 7) is 0.541. The van der Waals surface area contributed by atoms with Gasteiger partial charge in [0.2, 0.25) is 5.91 Å². The summed E-state index contributed by atoms with van der Waals surface area (Å²) in [5, 5.41) is 3.94. The number of carbonyl (C=O) groups is 1. The van der Waals surface area contributed by atoms with E-state index < -0.39 is 0 Å². The van der Waals surface area contributed by atoms with E-state index in [0.717, 1.165) is 22.6 Å². The Morgan fingerprint density at radius 3 is 2.71 bits per heavy atom. The van der Waals surface area contributed by atoms with Crippen LogP contribution in [-0.4, -0.2) is 13.0 Å². The Morgan fingerprint density at radius 2 is 2.00 bits per heavy atom. The molecule has 0 aliphatic carbocycles. The zero-order valence-corrected chi connectivity index (χ0v) is 12.5. The fourth-order valence-corrected chi connectivity index (χ4v) is 2.31. The monoisotopic (exact) mass is 304 g/mol. The summed E-state index contributed by atoms with van der Waals surface area (Å²) in [5.74, 6) is 0.406. The van der Waals surface area contributed by atoms with Gasteiger partial charge in [0, 0.05) is 22.8 Å². The highest BCUT2D eigenvalue weighted by Gasteiger charge is 2.07. The van der Waals surface area contributed by atoms with Crippen molar-refractivity contribution >= 4 is 23.2 Å². The minimum atomic E-state index is -0.357. The average molecular weight is 305 g/mol. The predicted molar refractivity (Wildman–Crippen MR) is 84.7 cm³/mol. The fraction of sp³-hybridized carbons (Fsp3) is 0.188. The molecule has 0 saturated carbocycles. The van der Waals surface area contributed by atoms with E-state index >= 15 is 0 Å². The normalized spacial score (nSPS) is 10.2. The minimum absolute atomic E-state index is 0.204. The molecule has 2 rings (SSSR count). The van der Waals surface area contributed by atoms with Gasteiger partial charge in [-0.1, -0.05) is 29.8 Å². The number of halogens is 1. The van der Waals surface area contributed by atoms with Crippen LogP contribution in [0.25, 0.3) is 0 Å². The van der Waals surface area contributed by atoms with Crippen LogP contribution in [0.1, 0.15) is 11.1 Å². The zero-order valence-electron chi connectivity index (χ0n) is 11.7. The summed E-state index contributed by atoms with van der Waals surface area (Å²) in [6, 6.07) is 13.0. The number of carbonyl (C=O) groups excluding carboxylic acids is 1. The molecule has 0 radical (unpaired) electrons. The molecular weight excluding hydrogens is 288 g/mol. The van der Waals surface area contributed by atoms with Crippen molar-refractivity contribution < 1.29 is 9.53 Å². The van der Waals surface area contributed by atoms with E-state index in [0.29, 0.717) is 11.6 Å². The quantitative estimate of drug-likeness (QED) is 0.862. The lowest BCUT2D eigenvalue weighted by Gasteiger charge is -2.13. The van der Waals surface area contributed by atoms with E-state index in [9.17, 15) is 4.79 Å². The number of hydrogen-bond donors (Lipinski definition) is 2. The molecule has 0 unspecified atom stereocenters. The highest BCUT2D eigenvalue weighted by Crippen LogP contribution is 2.24. The first-order chi connectivity index (χ1) is 10.1. The van der Waals surface area contributed by atoms with Crippen LogP contribution in [-0.2, 0) is 17.8 Å². The van der Waals surface area contributed by atoms with E-state index in [1.165, 1.54) is 0 Å². The summed E-state index contributed by atoms with van der Waals surface area (Å²) in [7, 11) is 1.62. The Morgan fingerprint density at radius 1 is 1.24 bits per heavy atom. The van der Waals surface area contributed by atoms with Crippen LogP contribution in [0.3, 0.4) is 0 Å². The molecule has 0 atom stereocenters. The highest BCUT2D eigenvalue weighted by atomic mass is 35.5. The molecule has 0 fully saturated rings. The van der Waals surface area contributed by atoms with Crippen LogP contribution in [0.4, 0.5) is 5.69 Å². The topological polar surface area (TPSA) is 64.3 Å². The molecule has 1 amide bonds. The maximum atomic E-state index is 11.1. The molecule has 0 aliphatic rings. The van der Waals surface area contributed by atoms with Gasteiger partial charge in [-0.3, -0.25) is 4.79 Å². The number of benzene rings is 2. The molecule has 0 spiro atoms. The zero-order chi connectivity index (χ0) is 15.2. The lowest BCUT2D eigenvalue weighted by Crippen LogP contribution is -2.15. The van der Waals surface area contributed by atoms with E-state index in [1.54, 1.807) is 13.2 Å². The van der Waals surface area contributed by atoms with Gasteiger partial charge in [-0.05, 0) is 29.8 Å². The summed E-state index contributed by atoms with van der Waals surface area (Å²) < 4.78 is 5.31. The number of rotatable bonds is 6. The fourth-order valence-electron chi connectivity index (χ4n) is 2.11. The van der Waals surface area contributed by atoms with E-state index in [4.69, 9.17) is 22.1 Å². The van der Waals surface area contributed by atoms with Crippen molar-refractivity contribution in [2.45, 2.75) is 13.0 Å². The van der Waals surface area contributed by atoms with Crippen molar-refractivity contribution in [1.29, 1.82) is 0 Å². The van der Waals surface area contributed by atoms with Gasteiger partial charge >= 0.3 is 0 Å². The van der Waals surface area contributed by atoms with E-state index in [2.05, 4.69) is 5.32 Å². The van der Waals surface area contributed by atoms with Gasteiger partial charge in [0.05, 0.1) is 13.5 Å². The predicted octanol–water partition coefficient (Wildman–Crippen LogP) is 2.99. The van der Waals surface area contributed by atoms with Crippen molar-refractivity contribution in [3.8, 4) is 5.75 Å². The first-order valence-electron chi connectivity index (χ1n) is 6.52. The van der Waals surface area contributed by atoms with Crippen LogP contribution in [0, 0.1) is 0 Å². The molecule has 0 saturated heterocycles. The number of nitrogens with one attached hydrogen (secondary N) is 1. The summed E-state index contributed by atoms with van der Waals surface area (Å²) in [4.78, 5) is 11.1. The average Bonchev–Trinajstić information content (AvgIpc) is 2.46. The molecule has 2 aromatic rings. The summed E-state index contributed by atoms with van der Waals surface area (Å²) >= 11 is 6.01. The van der Waals surface area contributed by atoms with Crippen molar-refractivity contribution in [1.82, 2.24) is 0 Å². The third kappa shape index (κ3) is 4.13. The largest absolute Gasteiger partial charge is 0.496 e. The van der Waals surface area contributed by atoms with Gasteiger partial charge in [0.25, 0.3) is 0 Å². The Bertz CT molecular complexity index is 644. The molecule has 5 heteroatoms. The van der Waals surface area contributed by atoms with Crippen molar-refractivity contribution in [2.24, 2.45) is 5.73 Å². The third-order valence-corrected chi connectivity index (χ3v) is 3.33. The second kappa shape index (κ2) is 6.99. The second-order valence-corrected chi connectivity index (χ2v) is 5.05. The van der Waals surface area contributed by atoms with Crippen LogP contribution in [0.2, 0.25) is 5.02 Å². The Labute approximate surface area is 128 Å². The van der Waals surface area contributed by atoms with Crippen LogP contribution >= 0.6 is 11.6 Å². The van der Waals surface area contributed by atoms with Crippen molar-refractivity contribution in [3.05, 3.63) is 58.6 Å². The van der Waals surface area contributed by atoms with Crippen LogP contribution in [0.15, 0.2) is 42.5 Å².